The predicted molar refractivity (Wildman–Crippen MR) is 76.2 cm³/mol. The summed E-state index contributed by atoms with van der Waals surface area (Å²) in [6.07, 6.45) is 1.68. The van der Waals surface area contributed by atoms with E-state index in [2.05, 4.69) is 4.98 Å². The van der Waals surface area contributed by atoms with Crippen molar-refractivity contribution in [3.63, 3.8) is 0 Å². The lowest BCUT2D eigenvalue weighted by Gasteiger charge is -1.95. The molecule has 0 aliphatic rings. The van der Waals surface area contributed by atoms with E-state index >= 15 is 0 Å². The highest BCUT2D eigenvalue weighted by Gasteiger charge is 2.15. The molecule has 0 bridgehead atoms. The molecule has 4 rings (SSSR count). The molecule has 0 saturated carbocycles. The third kappa shape index (κ3) is 1.48. The van der Waals surface area contributed by atoms with Crippen LogP contribution in [0.25, 0.3) is 32.2 Å². The van der Waals surface area contributed by atoms with Gasteiger partial charge < -0.3 is 14.6 Å². The average molecular weight is 270 g/mol. The number of hydrogen-bond acceptors (Lipinski definition) is 5. The van der Waals surface area contributed by atoms with Crippen molar-refractivity contribution in [2.75, 3.05) is 5.73 Å². The highest BCUT2D eigenvalue weighted by molar-refractivity contribution is 7.22. The lowest BCUT2D eigenvalue weighted by molar-refractivity contribution is 0.612. The number of aryl methyl sites for hydroxylation is 1. The van der Waals surface area contributed by atoms with Gasteiger partial charge in [-0.1, -0.05) is 6.07 Å². The molecule has 0 saturated heterocycles. The quantitative estimate of drug-likeness (QED) is 0.526. The summed E-state index contributed by atoms with van der Waals surface area (Å²) in [5, 5.41) is 0. The van der Waals surface area contributed by atoms with Gasteiger partial charge in [0.15, 0.2) is 5.58 Å². The van der Waals surface area contributed by atoms with Crippen LogP contribution in [-0.4, -0.2) is 4.98 Å². The first-order valence-electron chi connectivity index (χ1n) is 5.85. The zero-order chi connectivity index (χ0) is 13.0. The lowest BCUT2D eigenvalue weighted by atomic mass is 10.2. The van der Waals surface area contributed by atoms with Gasteiger partial charge in [-0.2, -0.15) is 0 Å². The molecule has 4 aromatic rings. The maximum absolute atomic E-state index is 5.93. The van der Waals surface area contributed by atoms with Crippen molar-refractivity contribution in [1.82, 2.24) is 4.98 Å². The minimum Gasteiger partial charge on any atom is -0.463 e. The van der Waals surface area contributed by atoms with Crippen molar-refractivity contribution in [3.8, 4) is 10.8 Å². The first-order valence-corrected chi connectivity index (χ1v) is 6.67. The zero-order valence-electron chi connectivity index (χ0n) is 10.1. The van der Waals surface area contributed by atoms with E-state index in [-0.39, 0.29) is 0 Å². The van der Waals surface area contributed by atoms with Crippen molar-refractivity contribution in [1.29, 1.82) is 0 Å². The number of nitrogen functional groups attached to an aromatic ring is 1. The number of aromatic nitrogens is 1. The Kier molecular flexibility index (Phi) is 2.02. The largest absolute Gasteiger partial charge is 0.463 e. The first kappa shape index (κ1) is 10.6. The van der Waals surface area contributed by atoms with Gasteiger partial charge in [-0.25, -0.2) is 4.98 Å². The zero-order valence-corrected chi connectivity index (χ0v) is 11.0. The normalized spacial score (nSPS) is 11.6. The molecule has 0 amide bonds. The Bertz CT molecular complexity index is 833. The number of thiophene rings is 1. The van der Waals surface area contributed by atoms with Crippen molar-refractivity contribution in [3.05, 3.63) is 36.1 Å². The Morgan fingerprint density at radius 3 is 2.95 bits per heavy atom. The molecule has 0 aliphatic heterocycles. The fourth-order valence-electron chi connectivity index (χ4n) is 2.13. The summed E-state index contributed by atoms with van der Waals surface area (Å²) in [5.41, 5.74) is 9.93. The van der Waals surface area contributed by atoms with Crippen LogP contribution in [-0.2, 0) is 0 Å². The van der Waals surface area contributed by atoms with Crippen LogP contribution in [0.3, 0.4) is 0 Å². The van der Waals surface area contributed by atoms with Crippen LogP contribution in [0.5, 0.6) is 0 Å². The molecule has 3 heterocycles. The van der Waals surface area contributed by atoms with Gasteiger partial charge >= 0.3 is 0 Å². The van der Waals surface area contributed by atoms with E-state index in [1.807, 2.05) is 31.2 Å². The van der Waals surface area contributed by atoms with Crippen LogP contribution >= 0.6 is 11.3 Å². The number of furan rings is 1. The second kappa shape index (κ2) is 3.61. The summed E-state index contributed by atoms with van der Waals surface area (Å²) in [6, 6.07) is 7.67. The summed E-state index contributed by atoms with van der Waals surface area (Å²) in [5.74, 6) is 0.590. The molecule has 1 aromatic carbocycles. The van der Waals surface area contributed by atoms with E-state index < -0.39 is 0 Å². The summed E-state index contributed by atoms with van der Waals surface area (Å²) in [7, 11) is 0. The van der Waals surface area contributed by atoms with Gasteiger partial charge in [0.05, 0.1) is 21.5 Å². The Labute approximate surface area is 112 Å². The minimum atomic E-state index is 0.590. The standard InChI is InChI=1S/C14H10N2O2S/c1-7-2-3-8(15)12-13(7)18-14(16-12)11-6-9-10(19-11)4-5-17-9/h2-6H,15H2,1H3. The second-order valence-electron chi connectivity index (χ2n) is 4.43. The number of oxazole rings is 1. The molecule has 0 fully saturated rings. The molecule has 4 nitrogen and oxygen atoms in total. The molecule has 3 aromatic heterocycles. The van der Waals surface area contributed by atoms with Crippen LogP contribution in [0.2, 0.25) is 0 Å². The highest BCUT2D eigenvalue weighted by Crippen LogP contribution is 2.36. The van der Waals surface area contributed by atoms with Gasteiger partial charge in [-0.05, 0) is 24.6 Å². The first-order chi connectivity index (χ1) is 9.22. The molecular weight excluding hydrogens is 260 g/mol. The lowest BCUT2D eigenvalue weighted by Crippen LogP contribution is -1.86. The van der Waals surface area contributed by atoms with Crippen molar-refractivity contribution in [2.24, 2.45) is 0 Å². The maximum atomic E-state index is 5.93. The Hall–Kier alpha value is -2.27. The molecule has 0 atom stereocenters. The highest BCUT2D eigenvalue weighted by atomic mass is 32.1. The molecule has 0 unspecified atom stereocenters. The monoisotopic (exact) mass is 270 g/mol. The van der Waals surface area contributed by atoms with Gasteiger partial charge in [0.1, 0.15) is 11.1 Å². The number of rotatable bonds is 1. The number of fused-ring (bicyclic) bond motifs is 2. The topological polar surface area (TPSA) is 65.2 Å². The Morgan fingerprint density at radius 1 is 1.26 bits per heavy atom. The van der Waals surface area contributed by atoms with E-state index in [1.54, 1.807) is 17.6 Å². The molecule has 0 aliphatic carbocycles. The minimum absolute atomic E-state index is 0.590. The van der Waals surface area contributed by atoms with Crippen LogP contribution in [0.4, 0.5) is 5.69 Å². The van der Waals surface area contributed by atoms with E-state index in [0.717, 1.165) is 31.8 Å². The van der Waals surface area contributed by atoms with E-state index in [9.17, 15) is 0 Å². The van der Waals surface area contributed by atoms with Gasteiger partial charge in [0.25, 0.3) is 0 Å². The van der Waals surface area contributed by atoms with Gasteiger partial charge in [-0.3, -0.25) is 0 Å². The Balaban J connectivity index is 1.98. The Morgan fingerprint density at radius 2 is 2.16 bits per heavy atom. The van der Waals surface area contributed by atoms with E-state index in [1.165, 1.54) is 0 Å². The smallest absolute Gasteiger partial charge is 0.237 e. The molecule has 0 spiro atoms. The third-order valence-corrected chi connectivity index (χ3v) is 4.19. The van der Waals surface area contributed by atoms with Crippen LogP contribution < -0.4 is 5.73 Å². The SMILES string of the molecule is Cc1ccc(N)c2nc(-c3cc4occc4s3)oc12. The summed E-state index contributed by atoms with van der Waals surface area (Å²) >= 11 is 1.59. The van der Waals surface area contributed by atoms with Crippen molar-refractivity contribution in [2.45, 2.75) is 6.92 Å². The molecule has 2 N–H and O–H groups in total. The van der Waals surface area contributed by atoms with Crippen molar-refractivity contribution < 1.29 is 8.83 Å². The maximum Gasteiger partial charge on any atom is 0.237 e. The molecular formula is C14H10N2O2S. The summed E-state index contributed by atoms with van der Waals surface area (Å²) in [4.78, 5) is 5.44. The van der Waals surface area contributed by atoms with Gasteiger partial charge in [0, 0.05) is 6.07 Å². The number of nitrogens with zero attached hydrogens (tertiary/aromatic N) is 1. The molecule has 19 heavy (non-hydrogen) atoms. The fraction of sp³-hybridized carbons (Fsp3) is 0.0714. The van der Waals surface area contributed by atoms with Crippen LogP contribution in [0, 0.1) is 6.92 Å². The molecule has 0 radical (unpaired) electrons. The second-order valence-corrected chi connectivity index (χ2v) is 5.51. The summed E-state index contributed by atoms with van der Waals surface area (Å²) < 4.78 is 12.3. The van der Waals surface area contributed by atoms with E-state index in [4.69, 9.17) is 14.6 Å². The van der Waals surface area contributed by atoms with Crippen molar-refractivity contribution >= 4 is 38.4 Å². The molecule has 5 heteroatoms. The van der Waals surface area contributed by atoms with Gasteiger partial charge in [-0.15, -0.1) is 11.3 Å². The number of hydrogen-bond donors (Lipinski definition) is 1. The fourth-order valence-corrected chi connectivity index (χ4v) is 3.04. The predicted octanol–water partition coefficient (Wildman–Crippen LogP) is 4.19. The van der Waals surface area contributed by atoms with E-state index in [0.29, 0.717) is 11.6 Å². The number of anilines is 1. The average Bonchev–Trinajstić information content (AvgIpc) is 3.05. The third-order valence-electron chi connectivity index (χ3n) is 3.12. The van der Waals surface area contributed by atoms with Crippen LogP contribution in [0.15, 0.2) is 39.4 Å². The van der Waals surface area contributed by atoms with Crippen LogP contribution in [0.1, 0.15) is 5.56 Å². The summed E-state index contributed by atoms with van der Waals surface area (Å²) in [6.45, 7) is 1.98. The number of nitrogens with two attached hydrogens (primary N) is 1. The van der Waals surface area contributed by atoms with Gasteiger partial charge in [0.2, 0.25) is 5.89 Å². The molecule has 94 valence electrons. The number of benzene rings is 1.